The Bertz CT molecular complexity index is 350. The van der Waals surface area contributed by atoms with Crippen LogP contribution in [0.4, 0.5) is 0 Å². The minimum absolute atomic E-state index is 0.182. The van der Waals surface area contributed by atoms with Gasteiger partial charge >= 0.3 is 11.9 Å². The molecule has 1 aliphatic heterocycles. The molecule has 19 heavy (non-hydrogen) atoms. The summed E-state index contributed by atoms with van der Waals surface area (Å²) in [6.07, 6.45) is 1.85. The van der Waals surface area contributed by atoms with E-state index in [0.717, 1.165) is 12.8 Å². The molecule has 1 N–H and O–H groups in total. The number of carboxylic acids is 1. The maximum atomic E-state index is 12.0. The van der Waals surface area contributed by atoms with Gasteiger partial charge in [0.1, 0.15) is 0 Å². The zero-order chi connectivity index (χ0) is 14.7. The van der Waals surface area contributed by atoms with E-state index in [4.69, 9.17) is 9.47 Å². The molecule has 1 fully saturated rings. The van der Waals surface area contributed by atoms with E-state index >= 15 is 0 Å². The monoisotopic (exact) mass is 272 g/mol. The molecule has 0 bridgehead atoms. The highest BCUT2D eigenvalue weighted by atomic mass is 16.5. The molecule has 0 aromatic rings. The summed E-state index contributed by atoms with van der Waals surface area (Å²) < 4.78 is 10.8. The summed E-state index contributed by atoms with van der Waals surface area (Å²) in [5.41, 5.74) is -1.72. The first kappa shape index (κ1) is 16.0. The first-order valence-corrected chi connectivity index (χ1v) is 6.86. The van der Waals surface area contributed by atoms with Gasteiger partial charge in [-0.15, -0.1) is 0 Å². The average Bonchev–Trinajstić information content (AvgIpc) is 2.65. The van der Waals surface area contributed by atoms with E-state index in [9.17, 15) is 14.7 Å². The molecule has 0 aromatic heterocycles. The Balaban J connectivity index is 2.86. The third-order valence-corrected chi connectivity index (χ3v) is 3.81. The second-order valence-corrected chi connectivity index (χ2v) is 5.70. The highest BCUT2D eigenvalue weighted by Crippen LogP contribution is 2.38. The van der Waals surface area contributed by atoms with Crippen molar-refractivity contribution in [1.82, 2.24) is 0 Å². The number of aliphatic carboxylic acids is 1. The van der Waals surface area contributed by atoms with Crippen LogP contribution in [0.5, 0.6) is 0 Å². The fraction of sp³-hybridized carbons (Fsp3) is 0.857. The van der Waals surface area contributed by atoms with E-state index in [2.05, 4.69) is 0 Å². The summed E-state index contributed by atoms with van der Waals surface area (Å²) in [5, 5.41) is 9.45. The second-order valence-electron chi connectivity index (χ2n) is 5.70. The number of carbonyl (C=O) groups excluding carboxylic acids is 1. The lowest BCUT2D eigenvalue weighted by atomic mass is 9.79. The normalized spacial score (nSPS) is 24.7. The van der Waals surface area contributed by atoms with E-state index in [0.29, 0.717) is 0 Å². The predicted molar refractivity (Wildman–Crippen MR) is 69.8 cm³/mol. The van der Waals surface area contributed by atoms with Crippen LogP contribution in [0, 0.1) is 5.41 Å². The number of rotatable bonds is 6. The zero-order valence-corrected chi connectivity index (χ0v) is 12.2. The van der Waals surface area contributed by atoms with Crippen molar-refractivity contribution < 1.29 is 24.2 Å². The number of hydrogen-bond acceptors (Lipinski definition) is 4. The van der Waals surface area contributed by atoms with Gasteiger partial charge in [0.05, 0.1) is 18.3 Å². The van der Waals surface area contributed by atoms with E-state index < -0.39 is 17.4 Å². The molecule has 2 unspecified atom stereocenters. The van der Waals surface area contributed by atoms with Gasteiger partial charge in [0.15, 0.2) is 5.41 Å². The summed E-state index contributed by atoms with van der Waals surface area (Å²) >= 11 is 0. The van der Waals surface area contributed by atoms with Crippen LogP contribution in [0.2, 0.25) is 0 Å². The highest BCUT2D eigenvalue weighted by molar-refractivity contribution is 5.99. The van der Waals surface area contributed by atoms with Gasteiger partial charge in [-0.3, -0.25) is 9.59 Å². The lowest BCUT2D eigenvalue weighted by Gasteiger charge is -2.29. The zero-order valence-electron chi connectivity index (χ0n) is 12.2. The van der Waals surface area contributed by atoms with Gasteiger partial charge < -0.3 is 14.6 Å². The third-order valence-electron chi connectivity index (χ3n) is 3.81. The molecule has 0 aromatic carbocycles. The smallest absolute Gasteiger partial charge is 0.323 e. The van der Waals surface area contributed by atoms with Gasteiger partial charge in [-0.25, -0.2) is 0 Å². The van der Waals surface area contributed by atoms with Crippen molar-refractivity contribution in [2.24, 2.45) is 5.41 Å². The van der Waals surface area contributed by atoms with Crippen LogP contribution in [0.25, 0.3) is 0 Å². The van der Waals surface area contributed by atoms with Crippen LogP contribution in [0.1, 0.15) is 53.4 Å². The van der Waals surface area contributed by atoms with Crippen molar-refractivity contribution in [3.05, 3.63) is 0 Å². The topological polar surface area (TPSA) is 72.8 Å². The molecule has 1 heterocycles. The van der Waals surface area contributed by atoms with Crippen molar-refractivity contribution in [1.29, 1.82) is 0 Å². The molecule has 0 saturated carbocycles. The van der Waals surface area contributed by atoms with Crippen LogP contribution in [0.15, 0.2) is 0 Å². The first-order valence-electron chi connectivity index (χ1n) is 6.86. The van der Waals surface area contributed by atoms with Crippen LogP contribution >= 0.6 is 0 Å². The number of ether oxygens (including phenoxy) is 2. The van der Waals surface area contributed by atoms with Crippen LogP contribution in [-0.4, -0.2) is 35.4 Å². The van der Waals surface area contributed by atoms with Gasteiger partial charge in [-0.2, -0.15) is 0 Å². The molecule has 5 nitrogen and oxygen atoms in total. The minimum Gasteiger partial charge on any atom is -0.480 e. The lowest BCUT2D eigenvalue weighted by molar-refractivity contribution is -0.172. The van der Waals surface area contributed by atoms with E-state index in [1.807, 2.05) is 13.8 Å². The first-order chi connectivity index (χ1) is 8.77. The van der Waals surface area contributed by atoms with E-state index in [1.54, 1.807) is 13.8 Å². The van der Waals surface area contributed by atoms with Crippen molar-refractivity contribution in [2.75, 3.05) is 6.61 Å². The Labute approximate surface area is 114 Å². The lowest BCUT2D eigenvalue weighted by Crippen LogP contribution is -2.43. The molecule has 110 valence electrons. The van der Waals surface area contributed by atoms with Crippen molar-refractivity contribution >= 4 is 11.9 Å². The largest absolute Gasteiger partial charge is 0.480 e. The molecule has 0 radical (unpaired) electrons. The molecule has 1 aliphatic rings. The molecule has 0 spiro atoms. The van der Waals surface area contributed by atoms with Gasteiger partial charge in [0.2, 0.25) is 0 Å². The number of carbonyl (C=O) groups is 2. The second kappa shape index (κ2) is 5.90. The maximum Gasteiger partial charge on any atom is 0.323 e. The molecule has 5 heteroatoms. The average molecular weight is 272 g/mol. The quantitative estimate of drug-likeness (QED) is 0.593. The van der Waals surface area contributed by atoms with E-state index in [1.165, 1.54) is 0 Å². The van der Waals surface area contributed by atoms with Crippen LogP contribution in [0.3, 0.4) is 0 Å². The van der Waals surface area contributed by atoms with Crippen LogP contribution < -0.4 is 0 Å². The standard InChI is InChI=1S/C14H24O5/c1-5-14(11(15)16,12(17)18-6-2)9-10-7-8-13(3,4)19-10/h10H,5-9H2,1-4H3,(H,15,16). The molecule has 0 amide bonds. The SMILES string of the molecule is CCOC(=O)C(CC)(CC1CCC(C)(C)O1)C(=O)O. The van der Waals surface area contributed by atoms with Gasteiger partial charge in [-0.05, 0) is 40.0 Å². The Morgan fingerprint density at radius 2 is 2.05 bits per heavy atom. The Hall–Kier alpha value is -1.10. The summed E-state index contributed by atoms with van der Waals surface area (Å²) in [6, 6.07) is 0. The van der Waals surface area contributed by atoms with Crippen molar-refractivity contribution in [3.8, 4) is 0 Å². The van der Waals surface area contributed by atoms with Gasteiger partial charge in [-0.1, -0.05) is 6.92 Å². The number of hydrogen-bond donors (Lipinski definition) is 1. The molecule has 1 rings (SSSR count). The van der Waals surface area contributed by atoms with Gasteiger partial charge in [0, 0.05) is 6.42 Å². The van der Waals surface area contributed by atoms with Crippen molar-refractivity contribution in [3.63, 3.8) is 0 Å². The predicted octanol–water partition coefficient (Wildman–Crippen LogP) is 2.38. The number of carboxylic acid groups (broad SMARTS) is 1. The summed E-state index contributed by atoms with van der Waals surface area (Å²) in [4.78, 5) is 23.6. The molecule has 0 aliphatic carbocycles. The van der Waals surface area contributed by atoms with Crippen LogP contribution in [-0.2, 0) is 19.1 Å². The fourth-order valence-corrected chi connectivity index (χ4v) is 2.58. The third kappa shape index (κ3) is 3.47. The summed E-state index contributed by atoms with van der Waals surface area (Å²) in [6.45, 7) is 7.52. The van der Waals surface area contributed by atoms with Gasteiger partial charge in [0.25, 0.3) is 0 Å². The number of esters is 1. The fourth-order valence-electron chi connectivity index (χ4n) is 2.58. The molecule has 2 atom stereocenters. The van der Waals surface area contributed by atoms with Crippen molar-refractivity contribution in [2.45, 2.75) is 65.1 Å². The maximum absolute atomic E-state index is 12.0. The minimum atomic E-state index is -1.49. The molecular formula is C14H24O5. The highest BCUT2D eigenvalue weighted by Gasteiger charge is 2.49. The molecule has 1 saturated heterocycles. The Morgan fingerprint density at radius 1 is 1.42 bits per heavy atom. The Kier molecular flexibility index (Phi) is 4.96. The van der Waals surface area contributed by atoms with E-state index in [-0.39, 0.29) is 31.2 Å². The summed E-state index contributed by atoms with van der Waals surface area (Å²) in [7, 11) is 0. The Morgan fingerprint density at radius 3 is 2.42 bits per heavy atom. The molecular weight excluding hydrogens is 248 g/mol. The summed E-state index contributed by atoms with van der Waals surface area (Å²) in [5.74, 6) is -1.78.